The summed E-state index contributed by atoms with van der Waals surface area (Å²) >= 11 is 4.60. The summed E-state index contributed by atoms with van der Waals surface area (Å²) in [6.07, 6.45) is 2.04. The van der Waals surface area contributed by atoms with Crippen LogP contribution in [0, 0.1) is 5.92 Å². The SMILES string of the molecule is CN(CC(=O)N[C@@H]1CCC[C@@H]1C(=O)O)C(=O)c1ccc(Br)s1. The third-order valence-electron chi connectivity index (χ3n) is 3.69. The maximum absolute atomic E-state index is 12.1. The van der Waals surface area contributed by atoms with Gasteiger partial charge in [-0.1, -0.05) is 6.42 Å². The van der Waals surface area contributed by atoms with Crippen LogP contribution in [-0.4, -0.2) is 47.4 Å². The van der Waals surface area contributed by atoms with Crippen LogP contribution in [0.15, 0.2) is 15.9 Å². The zero-order chi connectivity index (χ0) is 16.3. The zero-order valence-corrected chi connectivity index (χ0v) is 14.4. The number of nitrogens with one attached hydrogen (secondary N) is 1. The molecule has 22 heavy (non-hydrogen) atoms. The van der Waals surface area contributed by atoms with Gasteiger partial charge in [0, 0.05) is 13.1 Å². The Morgan fingerprint density at radius 1 is 1.41 bits per heavy atom. The number of rotatable bonds is 5. The van der Waals surface area contributed by atoms with Crippen molar-refractivity contribution in [2.24, 2.45) is 5.92 Å². The van der Waals surface area contributed by atoms with E-state index < -0.39 is 11.9 Å². The van der Waals surface area contributed by atoms with E-state index in [-0.39, 0.29) is 24.4 Å². The van der Waals surface area contributed by atoms with E-state index in [1.54, 1.807) is 19.2 Å². The smallest absolute Gasteiger partial charge is 0.308 e. The molecule has 0 saturated heterocycles. The summed E-state index contributed by atoms with van der Waals surface area (Å²) in [5.41, 5.74) is 0. The number of carbonyl (C=O) groups is 3. The van der Waals surface area contributed by atoms with Crippen LogP contribution in [0.2, 0.25) is 0 Å². The molecular formula is C14H17BrN2O4S. The monoisotopic (exact) mass is 388 g/mol. The standard InChI is InChI=1S/C14H17BrN2O4S/c1-17(13(19)10-5-6-11(15)22-10)7-12(18)16-9-4-2-3-8(9)14(20)21/h5-6,8-9H,2-4,7H2,1H3,(H,16,18)(H,20,21)/t8-,9+/m0/s1. The highest BCUT2D eigenvalue weighted by Gasteiger charge is 2.34. The Hall–Kier alpha value is -1.41. The quantitative estimate of drug-likeness (QED) is 0.806. The third kappa shape index (κ3) is 4.07. The van der Waals surface area contributed by atoms with Gasteiger partial charge in [0.15, 0.2) is 0 Å². The molecule has 1 aliphatic rings. The minimum atomic E-state index is -0.879. The van der Waals surface area contributed by atoms with E-state index >= 15 is 0 Å². The van der Waals surface area contributed by atoms with Gasteiger partial charge < -0.3 is 15.3 Å². The van der Waals surface area contributed by atoms with Gasteiger partial charge in [-0.05, 0) is 40.9 Å². The Morgan fingerprint density at radius 2 is 2.14 bits per heavy atom. The number of thiophene rings is 1. The van der Waals surface area contributed by atoms with Gasteiger partial charge in [-0.2, -0.15) is 0 Å². The van der Waals surface area contributed by atoms with E-state index in [0.717, 1.165) is 10.2 Å². The number of halogens is 1. The predicted molar refractivity (Wildman–Crippen MR) is 85.9 cm³/mol. The average molecular weight is 389 g/mol. The van der Waals surface area contributed by atoms with E-state index in [1.807, 2.05) is 0 Å². The van der Waals surface area contributed by atoms with Crippen LogP contribution in [0.4, 0.5) is 0 Å². The summed E-state index contributed by atoms with van der Waals surface area (Å²) in [6, 6.07) is 3.13. The molecule has 2 atom stereocenters. The fraction of sp³-hybridized carbons (Fsp3) is 0.500. The molecule has 1 aromatic heterocycles. The van der Waals surface area contributed by atoms with E-state index in [0.29, 0.717) is 17.7 Å². The number of carbonyl (C=O) groups excluding carboxylic acids is 2. The molecule has 0 bridgehead atoms. The number of carboxylic acid groups (broad SMARTS) is 1. The summed E-state index contributed by atoms with van der Waals surface area (Å²) in [4.78, 5) is 37.1. The lowest BCUT2D eigenvalue weighted by Gasteiger charge is -2.20. The van der Waals surface area contributed by atoms with Crippen LogP contribution in [0.25, 0.3) is 0 Å². The van der Waals surface area contributed by atoms with Gasteiger partial charge in [0.2, 0.25) is 5.91 Å². The molecule has 0 spiro atoms. The lowest BCUT2D eigenvalue weighted by molar-refractivity contribution is -0.142. The van der Waals surface area contributed by atoms with Crippen molar-refractivity contribution in [2.75, 3.05) is 13.6 Å². The molecule has 1 aromatic rings. The molecule has 0 aromatic carbocycles. The number of likely N-dealkylation sites (N-methyl/N-ethyl adjacent to an activating group) is 1. The first-order valence-corrected chi connectivity index (χ1v) is 8.52. The highest BCUT2D eigenvalue weighted by atomic mass is 79.9. The lowest BCUT2D eigenvalue weighted by atomic mass is 10.0. The Bertz CT molecular complexity index is 589. The van der Waals surface area contributed by atoms with E-state index in [1.165, 1.54) is 16.2 Å². The first-order chi connectivity index (χ1) is 10.4. The van der Waals surface area contributed by atoms with Crippen molar-refractivity contribution < 1.29 is 19.5 Å². The number of hydrogen-bond acceptors (Lipinski definition) is 4. The van der Waals surface area contributed by atoms with Crippen molar-refractivity contribution in [3.63, 3.8) is 0 Å². The van der Waals surface area contributed by atoms with Crippen LogP contribution in [0.1, 0.15) is 28.9 Å². The summed E-state index contributed by atoms with van der Waals surface area (Å²) in [6.45, 7) is -0.0861. The second kappa shape index (κ2) is 7.23. The average Bonchev–Trinajstić information content (AvgIpc) is 3.06. The minimum absolute atomic E-state index is 0.0861. The molecule has 2 rings (SSSR count). The molecule has 120 valence electrons. The molecule has 8 heteroatoms. The summed E-state index contributed by atoms with van der Waals surface area (Å²) in [7, 11) is 1.55. The fourth-order valence-corrected chi connectivity index (χ4v) is 3.97. The van der Waals surface area contributed by atoms with Crippen molar-refractivity contribution in [1.82, 2.24) is 10.2 Å². The van der Waals surface area contributed by atoms with Crippen LogP contribution in [0.5, 0.6) is 0 Å². The topological polar surface area (TPSA) is 86.7 Å². The molecule has 1 aliphatic carbocycles. The highest BCUT2D eigenvalue weighted by molar-refractivity contribution is 9.11. The molecule has 0 radical (unpaired) electrons. The molecule has 0 aliphatic heterocycles. The van der Waals surface area contributed by atoms with Crippen LogP contribution < -0.4 is 5.32 Å². The molecule has 1 heterocycles. The Labute approximate surface area is 140 Å². The van der Waals surface area contributed by atoms with E-state index in [2.05, 4.69) is 21.2 Å². The largest absolute Gasteiger partial charge is 0.481 e. The molecule has 2 amide bonds. The van der Waals surface area contributed by atoms with Crippen molar-refractivity contribution in [3.8, 4) is 0 Å². The van der Waals surface area contributed by atoms with Crippen LogP contribution in [0.3, 0.4) is 0 Å². The van der Waals surface area contributed by atoms with Crippen molar-refractivity contribution in [2.45, 2.75) is 25.3 Å². The zero-order valence-electron chi connectivity index (χ0n) is 12.0. The molecule has 1 saturated carbocycles. The minimum Gasteiger partial charge on any atom is -0.481 e. The van der Waals surface area contributed by atoms with Crippen molar-refractivity contribution in [1.29, 1.82) is 0 Å². The second-order valence-electron chi connectivity index (χ2n) is 5.31. The number of hydrogen-bond donors (Lipinski definition) is 2. The molecular weight excluding hydrogens is 372 g/mol. The number of amides is 2. The van der Waals surface area contributed by atoms with Crippen LogP contribution >= 0.6 is 27.3 Å². The normalized spacial score (nSPS) is 20.6. The molecule has 1 fully saturated rings. The lowest BCUT2D eigenvalue weighted by Crippen LogP contribution is -2.45. The van der Waals surface area contributed by atoms with Gasteiger partial charge in [0.05, 0.1) is 21.1 Å². The van der Waals surface area contributed by atoms with Gasteiger partial charge in [-0.15, -0.1) is 11.3 Å². The fourth-order valence-electron chi connectivity index (χ4n) is 2.59. The summed E-state index contributed by atoms with van der Waals surface area (Å²) in [5.74, 6) is -1.97. The number of carboxylic acids is 1. The van der Waals surface area contributed by atoms with E-state index in [4.69, 9.17) is 5.11 Å². The third-order valence-corrected chi connectivity index (χ3v) is 5.30. The Kier molecular flexibility index (Phi) is 5.57. The van der Waals surface area contributed by atoms with Gasteiger partial charge >= 0.3 is 5.97 Å². The molecule has 0 unspecified atom stereocenters. The summed E-state index contributed by atoms with van der Waals surface area (Å²) < 4.78 is 0.851. The van der Waals surface area contributed by atoms with Crippen molar-refractivity contribution in [3.05, 3.63) is 20.8 Å². The number of nitrogens with zero attached hydrogens (tertiary/aromatic N) is 1. The first kappa shape index (κ1) is 17.0. The second-order valence-corrected chi connectivity index (χ2v) is 7.78. The predicted octanol–water partition coefficient (Wildman–Crippen LogP) is 1.95. The van der Waals surface area contributed by atoms with Gasteiger partial charge in [0.1, 0.15) is 0 Å². The summed E-state index contributed by atoms with van der Waals surface area (Å²) in [5, 5.41) is 11.8. The van der Waals surface area contributed by atoms with Gasteiger partial charge in [0.25, 0.3) is 5.91 Å². The molecule has 6 nitrogen and oxygen atoms in total. The van der Waals surface area contributed by atoms with Crippen LogP contribution in [-0.2, 0) is 9.59 Å². The Balaban J connectivity index is 1.88. The van der Waals surface area contributed by atoms with Crippen molar-refractivity contribution >= 4 is 45.1 Å². The number of aliphatic carboxylic acids is 1. The van der Waals surface area contributed by atoms with Gasteiger partial charge in [-0.25, -0.2) is 0 Å². The first-order valence-electron chi connectivity index (χ1n) is 6.91. The highest BCUT2D eigenvalue weighted by Crippen LogP contribution is 2.26. The molecule has 2 N–H and O–H groups in total. The maximum atomic E-state index is 12.1. The maximum Gasteiger partial charge on any atom is 0.308 e. The Morgan fingerprint density at radius 3 is 2.73 bits per heavy atom. The van der Waals surface area contributed by atoms with E-state index in [9.17, 15) is 14.4 Å². The van der Waals surface area contributed by atoms with Gasteiger partial charge in [-0.3, -0.25) is 14.4 Å².